The second-order valence-corrected chi connectivity index (χ2v) is 27.7. The first-order valence-corrected chi connectivity index (χ1v) is 35.8. The van der Waals surface area contributed by atoms with Crippen LogP contribution in [0.2, 0.25) is 0 Å². The van der Waals surface area contributed by atoms with E-state index in [0.29, 0.717) is 116 Å². The van der Waals surface area contributed by atoms with E-state index in [1.807, 2.05) is 218 Å². The molecule has 1 radical (unpaired) electrons. The molecule has 6 aliphatic heterocycles. The zero-order valence-corrected chi connectivity index (χ0v) is 59.4. The molecule has 0 aliphatic carbocycles. The van der Waals surface area contributed by atoms with Crippen molar-refractivity contribution in [3.8, 4) is 44.5 Å². The molecular weight excluding hydrogens is 1350 g/mol. The van der Waals surface area contributed by atoms with Crippen molar-refractivity contribution < 1.29 is 36.0 Å². The molecule has 4 N–H and O–H groups in total. The molecule has 9 heterocycles. The van der Waals surface area contributed by atoms with Crippen molar-refractivity contribution in [2.75, 3.05) is 47.4 Å². The van der Waals surface area contributed by atoms with Gasteiger partial charge in [-0.2, -0.15) is 0 Å². The molecule has 8 aromatic carbocycles. The van der Waals surface area contributed by atoms with Gasteiger partial charge in [-0.1, -0.05) is 218 Å². The average Bonchev–Trinajstić information content (AvgIpc) is 1.64. The van der Waals surface area contributed by atoms with Gasteiger partial charge in [0.1, 0.15) is 24.2 Å². The number of rotatable bonds is 20. The Kier molecular flexibility index (Phi) is 18.6. The van der Waals surface area contributed by atoms with E-state index in [1.165, 1.54) is 0 Å². The Labute approximate surface area is 620 Å². The Hall–Kier alpha value is -11.4. The molecule has 8 bridgehead atoms. The van der Waals surface area contributed by atoms with Crippen LogP contribution in [0.3, 0.4) is 0 Å². The topological polar surface area (TPSA) is 182 Å². The Morgan fingerprint density at radius 3 is 0.790 bits per heavy atom. The van der Waals surface area contributed by atoms with E-state index in [-0.39, 0.29) is 64.6 Å². The third-order valence-corrected chi connectivity index (χ3v) is 21.3. The smallest absolute Gasteiger partial charge is 0.657 e. The molecule has 17 heteroatoms. The molecule has 6 aliphatic rings. The van der Waals surface area contributed by atoms with Crippen molar-refractivity contribution in [3.05, 3.63) is 288 Å². The molecule has 105 heavy (non-hydrogen) atoms. The zero-order chi connectivity index (χ0) is 70.7. The zero-order valence-electron chi connectivity index (χ0n) is 58.4. The molecule has 0 spiro atoms. The second-order valence-electron chi connectivity index (χ2n) is 27.7. The third-order valence-electron chi connectivity index (χ3n) is 21.3. The molecule has 4 saturated heterocycles. The first kappa shape index (κ1) is 68.0. The average molecular weight is 1420 g/mol. The van der Waals surface area contributed by atoms with Gasteiger partial charge in [-0.3, -0.25) is 38.8 Å². The predicted molar refractivity (Wildman–Crippen MR) is 414 cm³/mol. The van der Waals surface area contributed by atoms with Crippen LogP contribution in [-0.4, -0.2) is 104 Å². The van der Waals surface area contributed by atoms with Crippen molar-refractivity contribution in [3.63, 3.8) is 0 Å². The molecule has 16 nitrogen and oxygen atoms in total. The first-order chi connectivity index (χ1) is 50.9. The number of amides is 4. The summed E-state index contributed by atoms with van der Waals surface area (Å²) in [5, 5.41) is 13.6. The predicted octanol–water partition coefficient (Wildman–Crippen LogP) is 16.1. The van der Waals surface area contributed by atoms with Gasteiger partial charge in [-0.15, -0.1) is 22.1 Å². The van der Waals surface area contributed by atoms with Crippen molar-refractivity contribution in [1.29, 1.82) is 0 Å². The summed E-state index contributed by atoms with van der Waals surface area (Å²) < 4.78 is 0. The summed E-state index contributed by atoms with van der Waals surface area (Å²) in [6, 6.07) is 78.4. The van der Waals surface area contributed by atoms with E-state index in [1.54, 1.807) is 0 Å². The number of hydrogen-bond donors (Lipinski definition) is 4. The van der Waals surface area contributed by atoms with Crippen LogP contribution in [0.15, 0.2) is 243 Å². The van der Waals surface area contributed by atoms with Crippen LogP contribution < -0.4 is 31.2 Å². The van der Waals surface area contributed by atoms with Crippen LogP contribution in [0.5, 0.6) is 0 Å². The summed E-state index contributed by atoms with van der Waals surface area (Å²) in [7, 11) is 0. The fourth-order valence-corrected chi connectivity index (χ4v) is 15.3. The van der Waals surface area contributed by atoms with Crippen LogP contribution in [0.4, 0.5) is 22.7 Å². The molecule has 12 atom stereocenters. The number of benzene rings is 8. The van der Waals surface area contributed by atoms with E-state index in [4.69, 9.17) is 19.9 Å². The molecule has 0 saturated carbocycles. The van der Waals surface area contributed by atoms with Crippen molar-refractivity contribution in [1.82, 2.24) is 39.5 Å². The maximum absolute atomic E-state index is 15.0. The van der Waals surface area contributed by atoms with Gasteiger partial charge in [0.05, 0.1) is 45.5 Å². The molecular formula is C88H76CoN12O4. The molecule has 11 aromatic rings. The monoisotopic (exact) mass is 1420 g/mol. The molecule has 4 amide bonds. The Morgan fingerprint density at radius 1 is 0.305 bits per heavy atom. The SMILES string of the molecule is C[C@H](c1ccccc1)N1C[C@H]1C(=O)Nc1cccc(NC(=O)[C@H]2CN2[C@@H](C)c2ccccc2)c1-c1c2nc(c(-c3ccccc3)c3ccc([n-]3)c(-c3c(NC(=O)[C@H]4CN4[C@@H](C)c4ccccc4)cccc3NC(=O)[C@@H]3CN3[C@H](C)c3ccccc3)c3nc(c(-c4ccccc4)c4ccc1[n-]4)C=C3)C=C2.[Co+2]. The number of carbonyl (C=O) groups is 4. The maximum Gasteiger partial charge on any atom is 2.00 e. The van der Waals surface area contributed by atoms with Gasteiger partial charge in [0.2, 0.25) is 23.6 Å². The summed E-state index contributed by atoms with van der Waals surface area (Å²) in [5.41, 5.74) is 16.2. The second kappa shape index (κ2) is 28.7. The van der Waals surface area contributed by atoms with Crippen molar-refractivity contribution >= 4 is 92.7 Å². The van der Waals surface area contributed by atoms with Gasteiger partial charge in [0.25, 0.3) is 0 Å². The summed E-state index contributed by atoms with van der Waals surface area (Å²) in [4.78, 5) is 91.2. The van der Waals surface area contributed by atoms with Crippen molar-refractivity contribution in [2.45, 2.75) is 76.0 Å². The van der Waals surface area contributed by atoms with Gasteiger partial charge in [-0.25, -0.2) is 9.97 Å². The molecule has 521 valence electrons. The normalized spacial score (nSPS) is 20.5. The molecule has 4 unspecified atom stereocenters. The Balaban J connectivity index is 0.00000847. The van der Waals surface area contributed by atoms with E-state index in [9.17, 15) is 19.2 Å². The minimum atomic E-state index is -0.416. The Bertz CT molecular complexity index is 4880. The molecule has 4 fully saturated rings. The van der Waals surface area contributed by atoms with E-state index in [2.05, 4.69) is 117 Å². The van der Waals surface area contributed by atoms with Gasteiger partial charge in [-0.05, 0) is 132 Å². The minimum absolute atomic E-state index is 0. The number of fused-ring (bicyclic) bond motifs is 8. The van der Waals surface area contributed by atoms with Crippen LogP contribution in [0.25, 0.3) is 90.9 Å². The van der Waals surface area contributed by atoms with Gasteiger partial charge in [0.15, 0.2) is 0 Å². The summed E-state index contributed by atoms with van der Waals surface area (Å²) in [5.74, 6) is -0.719. The largest absolute Gasteiger partial charge is 2.00 e. The standard InChI is InChI=1S/C88H78N12O4.Co/c1-53(57-25-11-5-12-26-57)97-49-75(97)85(101)93-63-37-23-38-64(94-86(102)76-50-98(76)54(2)58-27-13-6-14-28-58)81(63)83-71-45-41-67(89-71)79(61-33-19-9-20-34-61)69-43-47-73(91-69)84(74-48-44-70(92-74)80(62-35-21-10-22-36-62)68-42-46-72(83)90-68)82-65(95-87(103)77-51-99(77)55(3)59-29-15-7-16-30-59)39-24-40-66(82)96-88(104)78-52-100(78)56(4)60-31-17-8-18-32-60;/h5-48,53-56,75-78H,49-52H2,1-4H3,(H6,89,90,91,92,93,94,95,96,101,102,103,104);/q;+2/p-2/t53-,54+,55-,56+,75+,76-,77+,78-,97?,98?,99?,100?;. The van der Waals surface area contributed by atoms with E-state index in [0.717, 1.165) is 44.5 Å². The third kappa shape index (κ3) is 13.6. The number of aromatic nitrogens is 4. The maximum atomic E-state index is 15.0. The van der Waals surface area contributed by atoms with Crippen LogP contribution in [0, 0.1) is 0 Å². The molecule has 3 aromatic heterocycles. The number of nitrogens with one attached hydrogen (secondary N) is 4. The fourth-order valence-electron chi connectivity index (χ4n) is 15.3. The van der Waals surface area contributed by atoms with E-state index >= 15 is 0 Å². The minimum Gasteiger partial charge on any atom is -0.657 e. The van der Waals surface area contributed by atoms with Gasteiger partial charge >= 0.3 is 16.8 Å². The van der Waals surface area contributed by atoms with Crippen LogP contribution in [-0.2, 0) is 36.0 Å². The fraction of sp³-hybridized carbons (Fsp3) is 0.182. The number of nitrogens with zero attached hydrogens (tertiary/aromatic N) is 8. The van der Waals surface area contributed by atoms with Gasteiger partial charge in [0, 0.05) is 61.5 Å². The summed E-state index contributed by atoms with van der Waals surface area (Å²) >= 11 is 0. The number of anilines is 4. The van der Waals surface area contributed by atoms with Crippen LogP contribution in [0.1, 0.15) is 96.9 Å². The van der Waals surface area contributed by atoms with Crippen molar-refractivity contribution in [2.24, 2.45) is 0 Å². The first-order valence-electron chi connectivity index (χ1n) is 35.8. The van der Waals surface area contributed by atoms with Gasteiger partial charge < -0.3 is 31.2 Å². The summed E-state index contributed by atoms with van der Waals surface area (Å²) in [6.07, 6.45) is 7.93. The number of carbonyl (C=O) groups excluding carboxylic acids is 4. The van der Waals surface area contributed by atoms with E-state index < -0.39 is 24.2 Å². The molecule has 17 rings (SSSR count). The van der Waals surface area contributed by atoms with Crippen LogP contribution >= 0.6 is 0 Å². The summed E-state index contributed by atoms with van der Waals surface area (Å²) in [6.45, 7) is 10.8. The Morgan fingerprint density at radius 2 is 0.533 bits per heavy atom. The quantitative estimate of drug-likeness (QED) is 0.0531. The number of hydrogen-bond acceptors (Lipinski definition) is 10.